The maximum absolute atomic E-state index is 5.51. The molecule has 0 saturated heterocycles. The quantitative estimate of drug-likeness (QED) is 0.661. The molecule has 0 fully saturated rings. The van der Waals surface area contributed by atoms with Gasteiger partial charge in [0.15, 0.2) is 5.90 Å². The summed E-state index contributed by atoms with van der Waals surface area (Å²) in [7, 11) is 1.72. The lowest BCUT2D eigenvalue weighted by Gasteiger charge is -2.08. The molecule has 0 aromatic heterocycles. The number of hydrogen-bond acceptors (Lipinski definition) is 3. The molecule has 0 atom stereocenters. The molecule has 1 N–H and O–H groups in total. The Morgan fingerprint density at radius 2 is 1.75 bits per heavy atom. The van der Waals surface area contributed by atoms with Gasteiger partial charge < -0.3 is 10.1 Å². The Bertz CT molecular complexity index is 547. The fraction of sp³-hybridized carbons (Fsp3) is 0.235. The highest BCUT2D eigenvalue weighted by Crippen LogP contribution is 2.16. The fourth-order valence-electron chi connectivity index (χ4n) is 1.85. The minimum Gasteiger partial charge on any atom is -0.444 e. The van der Waals surface area contributed by atoms with Crippen molar-refractivity contribution in [3.8, 4) is 5.75 Å². The molecule has 0 radical (unpaired) electrons. The number of nitrogens with zero attached hydrogens (tertiary/aromatic N) is 1. The maximum atomic E-state index is 5.51. The average molecular weight is 268 g/mol. The van der Waals surface area contributed by atoms with E-state index >= 15 is 0 Å². The van der Waals surface area contributed by atoms with Crippen molar-refractivity contribution in [3.05, 3.63) is 60.2 Å². The summed E-state index contributed by atoms with van der Waals surface area (Å²) in [6.07, 6.45) is 1.01. The zero-order valence-corrected chi connectivity index (χ0v) is 12.0. The predicted octanol–water partition coefficient (Wildman–Crippen LogP) is 3.77. The third-order valence-corrected chi connectivity index (χ3v) is 3.02. The number of ether oxygens (including phenoxy) is 1. The predicted molar refractivity (Wildman–Crippen MR) is 84.7 cm³/mol. The van der Waals surface area contributed by atoms with Crippen LogP contribution in [0.25, 0.3) is 0 Å². The third kappa shape index (κ3) is 4.43. The van der Waals surface area contributed by atoms with Crippen LogP contribution in [0.15, 0.2) is 59.6 Å². The van der Waals surface area contributed by atoms with Crippen molar-refractivity contribution in [2.24, 2.45) is 4.99 Å². The summed E-state index contributed by atoms with van der Waals surface area (Å²) in [6.45, 7) is 2.76. The highest BCUT2D eigenvalue weighted by molar-refractivity contribution is 5.75. The van der Waals surface area contributed by atoms with Crippen LogP contribution in [0.2, 0.25) is 0 Å². The van der Waals surface area contributed by atoms with Crippen molar-refractivity contribution in [2.45, 2.75) is 13.3 Å². The summed E-state index contributed by atoms with van der Waals surface area (Å²) in [4.78, 5) is 3.97. The van der Waals surface area contributed by atoms with Gasteiger partial charge in [-0.3, -0.25) is 4.99 Å². The van der Waals surface area contributed by atoms with Crippen molar-refractivity contribution in [1.82, 2.24) is 0 Å². The Morgan fingerprint density at radius 1 is 1.05 bits per heavy atom. The van der Waals surface area contributed by atoms with Crippen LogP contribution >= 0.6 is 0 Å². The van der Waals surface area contributed by atoms with E-state index in [4.69, 9.17) is 4.74 Å². The van der Waals surface area contributed by atoms with Gasteiger partial charge in [0.25, 0.3) is 0 Å². The van der Waals surface area contributed by atoms with Crippen molar-refractivity contribution < 1.29 is 4.74 Å². The van der Waals surface area contributed by atoms with Gasteiger partial charge >= 0.3 is 0 Å². The van der Waals surface area contributed by atoms with Gasteiger partial charge in [-0.25, -0.2) is 0 Å². The molecule has 0 spiro atoms. The largest absolute Gasteiger partial charge is 0.444 e. The lowest BCUT2D eigenvalue weighted by atomic mass is 10.1. The van der Waals surface area contributed by atoms with E-state index in [0.717, 1.165) is 24.4 Å². The minimum atomic E-state index is 0.662. The standard InChI is InChI=1S/C17H20N2O/c1-14(18-2)20-17-10-8-16(9-11-17)19-13-12-15-6-4-3-5-7-15/h3-11,19H,12-13H2,1-2H3. The molecule has 0 unspecified atom stereocenters. The first-order valence-corrected chi connectivity index (χ1v) is 6.77. The van der Waals surface area contributed by atoms with E-state index in [1.54, 1.807) is 7.05 Å². The molecule has 3 heteroatoms. The maximum Gasteiger partial charge on any atom is 0.186 e. The number of hydrogen-bond donors (Lipinski definition) is 1. The van der Waals surface area contributed by atoms with E-state index < -0.39 is 0 Å². The molecule has 0 saturated carbocycles. The van der Waals surface area contributed by atoms with Gasteiger partial charge in [-0.2, -0.15) is 0 Å². The summed E-state index contributed by atoms with van der Waals surface area (Å²) in [6, 6.07) is 18.4. The number of aliphatic imine (C=N–C) groups is 1. The van der Waals surface area contributed by atoms with E-state index in [1.807, 2.05) is 37.3 Å². The van der Waals surface area contributed by atoms with Gasteiger partial charge in [0, 0.05) is 26.2 Å². The molecule has 0 aliphatic rings. The summed E-state index contributed by atoms with van der Waals surface area (Å²) < 4.78 is 5.51. The van der Waals surface area contributed by atoms with Crippen LogP contribution in [-0.2, 0) is 6.42 Å². The second kappa shape index (κ2) is 7.34. The van der Waals surface area contributed by atoms with Crippen LogP contribution in [0.5, 0.6) is 5.75 Å². The zero-order valence-electron chi connectivity index (χ0n) is 12.0. The van der Waals surface area contributed by atoms with E-state index in [9.17, 15) is 0 Å². The monoisotopic (exact) mass is 268 g/mol. The Kier molecular flexibility index (Phi) is 5.18. The Balaban J connectivity index is 1.82. The van der Waals surface area contributed by atoms with Gasteiger partial charge in [0.2, 0.25) is 0 Å². The van der Waals surface area contributed by atoms with Crippen molar-refractivity contribution in [2.75, 3.05) is 18.9 Å². The Hall–Kier alpha value is -2.29. The van der Waals surface area contributed by atoms with Crippen LogP contribution in [0.4, 0.5) is 5.69 Å². The molecular formula is C17H20N2O. The molecule has 2 aromatic carbocycles. The molecule has 0 bridgehead atoms. The highest BCUT2D eigenvalue weighted by Gasteiger charge is 1.97. The molecule has 0 heterocycles. The van der Waals surface area contributed by atoms with Gasteiger partial charge in [-0.15, -0.1) is 0 Å². The van der Waals surface area contributed by atoms with Gasteiger partial charge in [-0.05, 0) is 36.2 Å². The van der Waals surface area contributed by atoms with Gasteiger partial charge in [-0.1, -0.05) is 30.3 Å². The molecule has 2 aromatic rings. The number of anilines is 1. The van der Waals surface area contributed by atoms with Gasteiger partial charge in [0.05, 0.1) is 0 Å². The smallest absolute Gasteiger partial charge is 0.186 e. The lowest BCUT2D eigenvalue weighted by molar-refractivity contribution is 0.545. The fourth-order valence-corrected chi connectivity index (χ4v) is 1.85. The third-order valence-electron chi connectivity index (χ3n) is 3.02. The molecule has 104 valence electrons. The van der Waals surface area contributed by atoms with Crippen LogP contribution in [0.3, 0.4) is 0 Å². The van der Waals surface area contributed by atoms with Crippen molar-refractivity contribution >= 4 is 11.6 Å². The highest BCUT2D eigenvalue weighted by atomic mass is 16.5. The first kappa shape index (κ1) is 14.1. The summed E-state index contributed by atoms with van der Waals surface area (Å²) in [5, 5.41) is 3.40. The number of nitrogens with one attached hydrogen (secondary N) is 1. The van der Waals surface area contributed by atoms with Crippen molar-refractivity contribution in [1.29, 1.82) is 0 Å². The van der Waals surface area contributed by atoms with Gasteiger partial charge in [0.1, 0.15) is 5.75 Å². The number of benzene rings is 2. The Morgan fingerprint density at radius 3 is 2.40 bits per heavy atom. The summed E-state index contributed by atoms with van der Waals surface area (Å²) >= 11 is 0. The Labute approximate surface area is 120 Å². The van der Waals surface area contributed by atoms with E-state index in [0.29, 0.717) is 5.90 Å². The molecule has 3 nitrogen and oxygen atoms in total. The van der Waals surface area contributed by atoms with Crippen LogP contribution < -0.4 is 10.1 Å². The van der Waals surface area contributed by atoms with Crippen LogP contribution in [0.1, 0.15) is 12.5 Å². The first-order valence-electron chi connectivity index (χ1n) is 6.77. The lowest BCUT2D eigenvalue weighted by Crippen LogP contribution is -2.05. The van der Waals surface area contributed by atoms with Crippen molar-refractivity contribution in [3.63, 3.8) is 0 Å². The second-order valence-corrected chi connectivity index (χ2v) is 4.53. The average Bonchev–Trinajstić information content (AvgIpc) is 2.50. The molecular weight excluding hydrogens is 248 g/mol. The van der Waals surface area contributed by atoms with Crippen LogP contribution in [-0.4, -0.2) is 19.5 Å². The summed E-state index contributed by atoms with van der Waals surface area (Å²) in [5.41, 5.74) is 2.44. The summed E-state index contributed by atoms with van der Waals surface area (Å²) in [5.74, 6) is 1.47. The molecule has 0 amide bonds. The molecule has 20 heavy (non-hydrogen) atoms. The molecule has 0 aliphatic heterocycles. The number of rotatable bonds is 5. The normalized spacial score (nSPS) is 11.2. The topological polar surface area (TPSA) is 33.6 Å². The van der Waals surface area contributed by atoms with E-state index in [1.165, 1.54) is 5.56 Å². The van der Waals surface area contributed by atoms with E-state index in [-0.39, 0.29) is 0 Å². The zero-order chi connectivity index (χ0) is 14.2. The molecule has 2 rings (SSSR count). The van der Waals surface area contributed by atoms with Crippen LogP contribution in [0, 0.1) is 0 Å². The van der Waals surface area contributed by atoms with E-state index in [2.05, 4.69) is 34.6 Å². The minimum absolute atomic E-state index is 0.662. The second-order valence-electron chi connectivity index (χ2n) is 4.53. The molecule has 0 aliphatic carbocycles. The SMILES string of the molecule is CN=C(C)Oc1ccc(NCCc2ccccc2)cc1. The first-order chi connectivity index (χ1) is 9.78.